The second kappa shape index (κ2) is 8.04. The molecule has 0 heterocycles. The molecule has 2 aromatic carbocycles. The molecule has 2 N–H and O–H groups in total. The molecule has 0 aliphatic rings. The van der Waals surface area contributed by atoms with Crippen LogP contribution in [0, 0.1) is 18.3 Å². The molecule has 0 saturated carbocycles. The number of benzene rings is 2. The van der Waals surface area contributed by atoms with Gasteiger partial charge in [-0.05, 0) is 48.9 Å². The molecule has 0 bridgehead atoms. The third-order valence-corrected chi connectivity index (χ3v) is 3.76. The highest BCUT2D eigenvalue weighted by atomic mass is 35.5. The number of amides is 1. The van der Waals surface area contributed by atoms with Crippen molar-refractivity contribution in [3.63, 3.8) is 0 Å². The van der Waals surface area contributed by atoms with Crippen molar-refractivity contribution in [2.75, 3.05) is 17.7 Å². The molecular weight excluding hydrogens is 326 g/mol. The van der Waals surface area contributed by atoms with Crippen LogP contribution in [0.5, 0.6) is 5.75 Å². The van der Waals surface area contributed by atoms with Crippen molar-refractivity contribution in [3.8, 4) is 11.8 Å². The first-order chi connectivity index (χ1) is 11.5. The summed E-state index contributed by atoms with van der Waals surface area (Å²) in [5.41, 5.74) is 2.09. The highest BCUT2D eigenvalue weighted by Crippen LogP contribution is 2.23. The number of carbonyl (C=O) groups is 1. The van der Waals surface area contributed by atoms with E-state index in [0.29, 0.717) is 16.5 Å². The number of anilines is 2. The lowest BCUT2D eigenvalue weighted by atomic mass is 10.2. The van der Waals surface area contributed by atoms with E-state index >= 15 is 0 Å². The number of carbonyl (C=O) groups excluding carboxylic acids is 1. The van der Waals surface area contributed by atoms with Crippen molar-refractivity contribution in [3.05, 3.63) is 64.8 Å². The van der Waals surface area contributed by atoms with Gasteiger partial charge in [0.25, 0.3) is 5.91 Å². The lowest BCUT2D eigenvalue weighted by Crippen LogP contribution is -2.14. The molecule has 24 heavy (non-hydrogen) atoms. The van der Waals surface area contributed by atoms with Crippen LogP contribution in [0.15, 0.2) is 54.2 Å². The maximum atomic E-state index is 12.2. The van der Waals surface area contributed by atoms with Crippen molar-refractivity contribution in [2.24, 2.45) is 0 Å². The van der Waals surface area contributed by atoms with E-state index in [9.17, 15) is 10.1 Å². The molecular formula is C18H16ClN3O2. The Labute approximate surface area is 145 Å². The zero-order valence-electron chi connectivity index (χ0n) is 13.3. The van der Waals surface area contributed by atoms with Gasteiger partial charge in [0.1, 0.15) is 17.4 Å². The summed E-state index contributed by atoms with van der Waals surface area (Å²) in [6, 6.07) is 14.1. The Bertz CT molecular complexity index is 808. The Kier molecular flexibility index (Phi) is 5.83. The number of nitrogens with zero attached hydrogens (tertiary/aromatic N) is 1. The minimum Gasteiger partial charge on any atom is -0.497 e. The van der Waals surface area contributed by atoms with Crippen molar-refractivity contribution >= 4 is 28.9 Å². The Morgan fingerprint density at radius 2 is 1.96 bits per heavy atom. The Morgan fingerprint density at radius 3 is 2.58 bits per heavy atom. The Hall–Kier alpha value is -2.97. The number of nitriles is 1. The van der Waals surface area contributed by atoms with Gasteiger partial charge in [-0.25, -0.2) is 0 Å². The third-order valence-electron chi connectivity index (χ3n) is 3.35. The second-order valence-electron chi connectivity index (χ2n) is 4.91. The normalized spacial score (nSPS) is 10.7. The van der Waals surface area contributed by atoms with Crippen LogP contribution < -0.4 is 15.4 Å². The van der Waals surface area contributed by atoms with Crippen LogP contribution >= 0.6 is 11.6 Å². The standard InChI is InChI=1S/C18H16ClN3O2/c1-12-16(19)4-3-5-17(12)21-11-13(10-20)18(23)22-14-6-8-15(24-2)9-7-14/h3-9,11,21H,1-2H3,(H,22,23)/b13-11-. The number of halogens is 1. The largest absolute Gasteiger partial charge is 0.497 e. The van der Waals surface area contributed by atoms with Crippen LogP contribution in [-0.2, 0) is 4.79 Å². The summed E-state index contributed by atoms with van der Waals surface area (Å²) in [6.45, 7) is 1.85. The number of hydrogen-bond donors (Lipinski definition) is 2. The van der Waals surface area contributed by atoms with Crippen LogP contribution in [0.25, 0.3) is 0 Å². The molecule has 1 amide bonds. The lowest BCUT2D eigenvalue weighted by Gasteiger charge is -2.08. The van der Waals surface area contributed by atoms with Crippen molar-refractivity contribution in [1.29, 1.82) is 5.26 Å². The summed E-state index contributed by atoms with van der Waals surface area (Å²) in [7, 11) is 1.56. The Balaban J connectivity index is 2.10. The monoisotopic (exact) mass is 341 g/mol. The average molecular weight is 342 g/mol. The summed E-state index contributed by atoms with van der Waals surface area (Å²) in [5, 5.41) is 15.4. The van der Waals surface area contributed by atoms with Gasteiger partial charge >= 0.3 is 0 Å². The minimum absolute atomic E-state index is 0.0507. The molecule has 0 aromatic heterocycles. The van der Waals surface area contributed by atoms with E-state index in [-0.39, 0.29) is 5.57 Å². The average Bonchev–Trinajstić information content (AvgIpc) is 2.59. The number of rotatable bonds is 5. The van der Waals surface area contributed by atoms with Gasteiger partial charge in [0.15, 0.2) is 0 Å². The van der Waals surface area contributed by atoms with Gasteiger partial charge in [0.05, 0.1) is 7.11 Å². The van der Waals surface area contributed by atoms with Crippen LogP contribution in [-0.4, -0.2) is 13.0 Å². The zero-order valence-corrected chi connectivity index (χ0v) is 14.0. The molecule has 6 heteroatoms. The van der Waals surface area contributed by atoms with Crippen LogP contribution in [0.4, 0.5) is 11.4 Å². The number of ether oxygens (including phenoxy) is 1. The summed E-state index contributed by atoms with van der Waals surface area (Å²) in [6.07, 6.45) is 1.36. The van der Waals surface area contributed by atoms with Gasteiger partial charge in [-0.3, -0.25) is 4.79 Å². The highest BCUT2D eigenvalue weighted by molar-refractivity contribution is 6.31. The molecule has 0 radical (unpaired) electrons. The quantitative estimate of drug-likeness (QED) is 0.634. The molecule has 0 fully saturated rings. The van der Waals surface area contributed by atoms with E-state index in [4.69, 9.17) is 16.3 Å². The van der Waals surface area contributed by atoms with E-state index in [1.54, 1.807) is 43.5 Å². The van der Waals surface area contributed by atoms with E-state index < -0.39 is 5.91 Å². The maximum Gasteiger partial charge on any atom is 0.267 e. The zero-order chi connectivity index (χ0) is 17.5. The van der Waals surface area contributed by atoms with Gasteiger partial charge in [-0.2, -0.15) is 5.26 Å². The van der Waals surface area contributed by atoms with Crippen molar-refractivity contribution < 1.29 is 9.53 Å². The first-order valence-electron chi connectivity index (χ1n) is 7.12. The number of hydrogen-bond acceptors (Lipinski definition) is 4. The minimum atomic E-state index is -0.505. The molecule has 0 saturated heterocycles. The molecule has 2 aromatic rings. The highest BCUT2D eigenvalue weighted by Gasteiger charge is 2.10. The van der Waals surface area contributed by atoms with Gasteiger partial charge < -0.3 is 15.4 Å². The smallest absolute Gasteiger partial charge is 0.267 e. The van der Waals surface area contributed by atoms with Crippen molar-refractivity contribution in [2.45, 2.75) is 6.92 Å². The van der Waals surface area contributed by atoms with E-state index in [1.165, 1.54) is 6.20 Å². The summed E-state index contributed by atoms with van der Waals surface area (Å²) < 4.78 is 5.05. The lowest BCUT2D eigenvalue weighted by molar-refractivity contribution is -0.112. The molecule has 0 atom stereocenters. The van der Waals surface area contributed by atoms with Crippen LogP contribution in [0.3, 0.4) is 0 Å². The molecule has 0 aliphatic heterocycles. The van der Waals surface area contributed by atoms with Gasteiger partial charge in [-0.15, -0.1) is 0 Å². The fraction of sp³-hybridized carbons (Fsp3) is 0.111. The molecule has 0 spiro atoms. The summed E-state index contributed by atoms with van der Waals surface area (Å²) in [4.78, 5) is 12.2. The SMILES string of the molecule is COc1ccc(NC(=O)/C(C#N)=C\Nc2cccc(Cl)c2C)cc1. The topological polar surface area (TPSA) is 74.1 Å². The van der Waals surface area contributed by atoms with Crippen LogP contribution in [0.2, 0.25) is 5.02 Å². The van der Waals surface area contributed by atoms with E-state index in [0.717, 1.165) is 11.3 Å². The van der Waals surface area contributed by atoms with E-state index in [2.05, 4.69) is 10.6 Å². The number of nitrogens with one attached hydrogen (secondary N) is 2. The van der Waals surface area contributed by atoms with Gasteiger partial charge in [-0.1, -0.05) is 17.7 Å². The number of methoxy groups -OCH3 is 1. The van der Waals surface area contributed by atoms with E-state index in [1.807, 2.05) is 19.1 Å². The first kappa shape index (κ1) is 17.4. The van der Waals surface area contributed by atoms with Gasteiger partial charge in [0.2, 0.25) is 0 Å². The fourth-order valence-corrected chi connectivity index (χ4v) is 2.11. The Morgan fingerprint density at radius 1 is 1.25 bits per heavy atom. The maximum absolute atomic E-state index is 12.2. The van der Waals surface area contributed by atoms with Gasteiger partial charge in [0, 0.05) is 22.6 Å². The first-order valence-corrected chi connectivity index (χ1v) is 7.50. The van der Waals surface area contributed by atoms with Crippen LogP contribution in [0.1, 0.15) is 5.56 Å². The predicted molar refractivity (Wildman–Crippen MR) is 95.1 cm³/mol. The predicted octanol–water partition coefficient (Wildman–Crippen LogP) is 4.12. The summed E-state index contributed by atoms with van der Waals surface area (Å²) >= 11 is 6.04. The molecule has 0 unspecified atom stereocenters. The molecule has 2 rings (SSSR count). The molecule has 0 aliphatic carbocycles. The summed E-state index contributed by atoms with van der Waals surface area (Å²) in [5.74, 6) is 0.178. The third kappa shape index (κ3) is 4.28. The van der Waals surface area contributed by atoms with Crippen molar-refractivity contribution in [1.82, 2.24) is 0 Å². The fourth-order valence-electron chi connectivity index (χ4n) is 1.94. The molecule has 122 valence electrons. The second-order valence-corrected chi connectivity index (χ2v) is 5.32. The molecule has 5 nitrogen and oxygen atoms in total.